The molecule has 0 bridgehead atoms. The van der Waals surface area contributed by atoms with Gasteiger partial charge in [0.15, 0.2) is 0 Å². The first-order valence-corrected chi connectivity index (χ1v) is 10.6. The van der Waals surface area contributed by atoms with Gasteiger partial charge in [-0.1, -0.05) is 36.4 Å². The summed E-state index contributed by atoms with van der Waals surface area (Å²) in [7, 11) is 3.69. The lowest BCUT2D eigenvalue weighted by Crippen LogP contribution is -2.35. The molecule has 1 fully saturated rings. The zero-order chi connectivity index (χ0) is 23.7. The molecule has 1 N–H and O–H groups in total. The molecule has 0 saturated carbocycles. The highest BCUT2D eigenvalue weighted by Crippen LogP contribution is 2.40. The number of carbonyl (C=O) groups excluding carboxylic acids is 2. The van der Waals surface area contributed by atoms with E-state index in [1.807, 2.05) is 49.3 Å². The fourth-order valence-electron chi connectivity index (χ4n) is 4.06. The summed E-state index contributed by atoms with van der Waals surface area (Å²) >= 11 is 0. The number of para-hydroxylation sites is 1. The monoisotopic (exact) mass is 448 g/mol. The lowest BCUT2D eigenvalue weighted by molar-refractivity contribution is -0.140. The fourth-order valence-corrected chi connectivity index (χ4v) is 4.06. The van der Waals surface area contributed by atoms with Crippen LogP contribution in [0.25, 0.3) is 11.4 Å². The van der Waals surface area contributed by atoms with E-state index >= 15 is 0 Å². The predicted octanol–water partition coefficient (Wildman–Crippen LogP) is 3.30. The fraction of sp³-hybridized carbons (Fsp3) is 0.240. The van der Waals surface area contributed by atoms with Crippen LogP contribution in [0.4, 0.5) is 4.39 Å². The highest BCUT2D eigenvalue weighted by molar-refractivity contribution is 6.46. The van der Waals surface area contributed by atoms with E-state index in [2.05, 4.69) is 5.10 Å². The average molecular weight is 448 g/mol. The Labute approximate surface area is 191 Å². The summed E-state index contributed by atoms with van der Waals surface area (Å²) in [5.74, 6) is -2.53. The topological polar surface area (TPSA) is 78.7 Å². The van der Waals surface area contributed by atoms with Crippen molar-refractivity contribution in [2.45, 2.75) is 13.0 Å². The van der Waals surface area contributed by atoms with E-state index in [1.165, 1.54) is 23.2 Å². The summed E-state index contributed by atoms with van der Waals surface area (Å²) in [6.45, 7) is 2.44. The van der Waals surface area contributed by atoms with Gasteiger partial charge in [0.25, 0.3) is 11.7 Å². The minimum atomic E-state index is -1.04. The summed E-state index contributed by atoms with van der Waals surface area (Å²) in [5.41, 5.74) is 1.70. The van der Waals surface area contributed by atoms with Gasteiger partial charge >= 0.3 is 0 Å². The number of likely N-dealkylation sites (N-methyl/N-ethyl adjacent to an activating group) is 1. The zero-order valence-electron chi connectivity index (χ0n) is 18.7. The van der Waals surface area contributed by atoms with Gasteiger partial charge in [-0.15, -0.1) is 0 Å². The maximum absolute atomic E-state index is 14.8. The third kappa shape index (κ3) is 4.05. The quantitative estimate of drug-likeness (QED) is 0.356. The third-order valence-electron chi connectivity index (χ3n) is 5.79. The van der Waals surface area contributed by atoms with Gasteiger partial charge < -0.3 is 14.9 Å². The van der Waals surface area contributed by atoms with E-state index in [1.54, 1.807) is 23.7 Å². The smallest absolute Gasteiger partial charge is 0.295 e. The van der Waals surface area contributed by atoms with Gasteiger partial charge in [-0.3, -0.25) is 9.59 Å². The maximum atomic E-state index is 14.8. The first-order chi connectivity index (χ1) is 15.8. The molecule has 8 heteroatoms. The van der Waals surface area contributed by atoms with Crippen molar-refractivity contribution in [3.8, 4) is 5.69 Å². The second-order valence-corrected chi connectivity index (χ2v) is 8.21. The van der Waals surface area contributed by atoms with E-state index in [9.17, 15) is 19.1 Å². The van der Waals surface area contributed by atoms with Gasteiger partial charge in [0.05, 0.1) is 34.8 Å². The van der Waals surface area contributed by atoms with Crippen LogP contribution in [0.3, 0.4) is 0 Å². The van der Waals surface area contributed by atoms with Crippen LogP contribution in [0.15, 0.2) is 66.4 Å². The Kier molecular flexibility index (Phi) is 6.11. The van der Waals surface area contributed by atoms with Crippen LogP contribution >= 0.6 is 0 Å². The molecule has 2 aromatic carbocycles. The Bertz CT molecular complexity index is 1230. The number of amides is 1. The van der Waals surface area contributed by atoms with Crippen LogP contribution in [-0.2, 0) is 9.59 Å². The second kappa shape index (κ2) is 8.99. The molecule has 2 heterocycles. The number of likely N-dealkylation sites (tertiary alicyclic amines) is 1. The molecule has 7 nitrogen and oxygen atoms in total. The van der Waals surface area contributed by atoms with Crippen molar-refractivity contribution in [1.29, 1.82) is 0 Å². The summed E-state index contributed by atoms with van der Waals surface area (Å²) < 4.78 is 16.5. The molecule has 170 valence electrons. The predicted molar refractivity (Wildman–Crippen MR) is 122 cm³/mol. The number of aliphatic hydroxyl groups is 1. The first-order valence-electron chi connectivity index (χ1n) is 10.6. The number of carbonyl (C=O) groups is 2. The van der Waals surface area contributed by atoms with Crippen molar-refractivity contribution in [3.63, 3.8) is 0 Å². The number of Topliss-reactive ketones (excluding diaryl/α,β-unsaturated/α-hetero) is 1. The number of hydrogen-bond donors (Lipinski definition) is 1. The van der Waals surface area contributed by atoms with Crippen LogP contribution in [0.2, 0.25) is 0 Å². The van der Waals surface area contributed by atoms with Crippen molar-refractivity contribution in [1.82, 2.24) is 19.6 Å². The summed E-state index contributed by atoms with van der Waals surface area (Å²) in [6.07, 6.45) is 1.45. The van der Waals surface area contributed by atoms with Gasteiger partial charge in [-0.2, -0.15) is 5.10 Å². The minimum absolute atomic E-state index is 0.139. The molecule has 1 aliphatic rings. The summed E-state index contributed by atoms with van der Waals surface area (Å²) in [4.78, 5) is 29.2. The second-order valence-electron chi connectivity index (χ2n) is 8.21. The number of aliphatic hydroxyl groups excluding tert-OH is 1. The van der Waals surface area contributed by atoms with Crippen LogP contribution < -0.4 is 0 Å². The molecule has 1 aromatic heterocycles. The van der Waals surface area contributed by atoms with Crippen molar-refractivity contribution < 1.29 is 19.1 Å². The Balaban J connectivity index is 1.86. The number of aromatic nitrogens is 2. The Hall–Kier alpha value is -3.78. The summed E-state index contributed by atoms with van der Waals surface area (Å²) in [5, 5.41) is 15.6. The summed E-state index contributed by atoms with van der Waals surface area (Å²) in [6, 6.07) is 14.3. The molecular formula is C25H25FN4O3. The standard InChI is InChI=1S/C25H25FN4O3/c1-16-19(15-27-30(16)17-9-5-4-6-10-17)23(31)21-22(18-11-7-8-12-20(18)26)29(14-13-28(2)3)25(33)24(21)32/h4-12,15,22,31H,13-14H2,1-3H3/b23-21+/t22-/m1/s1. The average Bonchev–Trinajstić information content (AvgIpc) is 3.30. The van der Waals surface area contributed by atoms with E-state index < -0.39 is 23.5 Å². The van der Waals surface area contributed by atoms with Crippen molar-refractivity contribution in [3.05, 3.63) is 89.0 Å². The van der Waals surface area contributed by atoms with Crippen LogP contribution in [0.5, 0.6) is 0 Å². The third-order valence-corrected chi connectivity index (χ3v) is 5.79. The molecule has 1 saturated heterocycles. The molecule has 1 atom stereocenters. The van der Waals surface area contributed by atoms with Crippen molar-refractivity contribution >= 4 is 17.4 Å². The maximum Gasteiger partial charge on any atom is 0.295 e. The molecule has 33 heavy (non-hydrogen) atoms. The molecule has 3 aromatic rings. The van der Waals surface area contributed by atoms with Gasteiger partial charge in [-0.25, -0.2) is 9.07 Å². The number of halogens is 1. The first kappa shape index (κ1) is 22.4. The van der Waals surface area contributed by atoms with Gasteiger partial charge in [0.2, 0.25) is 0 Å². The van der Waals surface area contributed by atoms with E-state index in [-0.39, 0.29) is 23.4 Å². The Morgan fingerprint density at radius 3 is 2.42 bits per heavy atom. The molecule has 4 rings (SSSR count). The normalized spacial score (nSPS) is 17.8. The molecule has 1 aliphatic heterocycles. The number of rotatable bonds is 6. The number of ketones is 1. The van der Waals surface area contributed by atoms with Crippen molar-refractivity contribution in [2.75, 3.05) is 27.2 Å². The Morgan fingerprint density at radius 2 is 1.76 bits per heavy atom. The highest BCUT2D eigenvalue weighted by atomic mass is 19.1. The minimum Gasteiger partial charge on any atom is -0.507 e. The van der Waals surface area contributed by atoms with Crippen LogP contribution in [0.1, 0.15) is 22.9 Å². The van der Waals surface area contributed by atoms with Crippen LogP contribution in [-0.4, -0.2) is 63.6 Å². The molecular weight excluding hydrogens is 423 g/mol. The lowest BCUT2D eigenvalue weighted by Gasteiger charge is -2.26. The van der Waals surface area contributed by atoms with Gasteiger partial charge in [0, 0.05) is 18.7 Å². The SMILES string of the molecule is Cc1c(/C(O)=C2\C(=O)C(=O)N(CCN(C)C)[C@@H]2c2ccccc2F)cnn1-c1ccccc1. The number of hydrogen-bond acceptors (Lipinski definition) is 5. The zero-order valence-corrected chi connectivity index (χ0v) is 18.7. The molecule has 0 radical (unpaired) electrons. The number of benzene rings is 2. The molecule has 0 unspecified atom stereocenters. The highest BCUT2D eigenvalue weighted by Gasteiger charge is 2.47. The van der Waals surface area contributed by atoms with Gasteiger partial charge in [0.1, 0.15) is 11.6 Å². The van der Waals surface area contributed by atoms with Gasteiger partial charge in [-0.05, 0) is 39.2 Å². The van der Waals surface area contributed by atoms with Crippen LogP contribution in [0, 0.1) is 12.7 Å². The number of nitrogens with zero attached hydrogens (tertiary/aromatic N) is 4. The largest absolute Gasteiger partial charge is 0.507 e. The Morgan fingerprint density at radius 1 is 1.09 bits per heavy atom. The van der Waals surface area contributed by atoms with Crippen molar-refractivity contribution in [2.24, 2.45) is 0 Å². The lowest BCUT2D eigenvalue weighted by atomic mass is 9.95. The van der Waals surface area contributed by atoms with E-state index in [0.717, 1.165) is 5.69 Å². The van der Waals surface area contributed by atoms with E-state index in [0.29, 0.717) is 17.8 Å². The molecule has 0 spiro atoms. The molecule has 1 amide bonds. The van der Waals surface area contributed by atoms with E-state index in [4.69, 9.17) is 0 Å². The molecule has 0 aliphatic carbocycles.